The van der Waals surface area contributed by atoms with Gasteiger partial charge in [-0.3, -0.25) is 4.79 Å². The monoisotopic (exact) mass is 281 g/mol. The minimum atomic E-state index is -0.296. The fraction of sp³-hybridized carbons (Fsp3) is 0.533. The number of benzene rings is 1. The molecule has 1 aliphatic heterocycles. The summed E-state index contributed by atoms with van der Waals surface area (Å²) in [7, 11) is 0. The maximum Gasteiger partial charge on any atom is 0.249 e. The minimum Gasteiger partial charge on any atom is -0.368 e. The molecule has 19 heavy (non-hydrogen) atoms. The number of hydrogen-bond donors (Lipinski definition) is 1. The Morgan fingerprint density at radius 2 is 2.16 bits per heavy atom. The van der Waals surface area contributed by atoms with Crippen LogP contribution in [0.4, 0.5) is 0 Å². The van der Waals surface area contributed by atoms with Crippen LogP contribution < -0.4 is 5.32 Å². The number of carbonyl (C=O) groups is 1. The van der Waals surface area contributed by atoms with Crippen LogP contribution in [0.2, 0.25) is 0 Å². The van der Waals surface area contributed by atoms with Crippen molar-refractivity contribution in [1.29, 1.82) is 0 Å². The third-order valence-corrected chi connectivity index (χ3v) is 3.70. The molecule has 1 aromatic rings. The fourth-order valence-corrected chi connectivity index (χ4v) is 2.47. The maximum absolute atomic E-state index is 12.1. The first-order valence-corrected chi connectivity index (χ1v) is 7.35. The van der Waals surface area contributed by atoms with Gasteiger partial charge in [0.1, 0.15) is 6.10 Å². The molecule has 2 unspecified atom stereocenters. The molecule has 1 aromatic carbocycles. The van der Waals surface area contributed by atoms with Crippen molar-refractivity contribution in [3.63, 3.8) is 0 Å². The van der Waals surface area contributed by atoms with Gasteiger partial charge in [-0.05, 0) is 31.2 Å². The van der Waals surface area contributed by atoms with E-state index in [-0.39, 0.29) is 18.1 Å². The Labute approximate surface area is 119 Å². The van der Waals surface area contributed by atoms with E-state index >= 15 is 0 Å². The molecular formula is C15H20ClNO2. The summed E-state index contributed by atoms with van der Waals surface area (Å²) < 4.78 is 5.48. The zero-order valence-corrected chi connectivity index (χ0v) is 11.7. The van der Waals surface area contributed by atoms with Crippen LogP contribution in [0.15, 0.2) is 30.3 Å². The van der Waals surface area contributed by atoms with Gasteiger partial charge in [-0.25, -0.2) is 0 Å². The lowest BCUT2D eigenvalue weighted by molar-refractivity contribution is -0.136. The van der Waals surface area contributed by atoms with Gasteiger partial charge in [0.2, 0.25) is 5.91 Å². The zero-order valence-electron chi connectivity index (χ0n) is 11.0. The molecule has 1 fully saturated rings. The lowest BCUT2D eigenvalue weighted by Crippen LogP contribution is -2.45. The second-order valence-corrected chi connectivity index (χ2v) is 5.21. The van der Waals surface area contributed by atoms with Gasteiger partial charge in [0.05, 0.1) is 0 Å². The molecule has 0 aliphatic carbocycles. The quantitative estimate of drug-likeness (QED) is 0.842. The maximum atomic E-state index is 12.1. The first kappa shape index (κ1) is 14.4. The molecule has 0 aromatic heterocycles. The van der Waals surface area contributed by atoms with Crippen molar-refractivity contribution in [2.45, 2.75) is 37.8 Å². The van der Waals surface area contributed by atoms with Crippen molar-refractivity contribution < 1.29 is 9.53 Å². The van der Waals surface area contributed by atoms with Gasteiger partial charge in [0, 0.05) is 18.5 Å². The van der Waals surface area contributed by atoms with Gasteiger partial charge in [-0.2, -0.15) is 0 Å². The number of nitrogens with one attached hydrogen (secondary N) is 1. The first-order chi connectivity index (χ1) is 9.29. The van der Waals surface area contributed by atoms with E-state index in [0.717, 1.165) is 25.7 Å². The Balaban J connectivity index is 1.86. The first-order valence-electron chi connectivity index (χ1n) is 6.81. The summed E-state index contributed by atoms with van der Waals surface area (Å²) in [5, 5.41) is 2.99. The smallest absolute Gasteiger partial charge is 0.249 e. The Morgan fingerprint density at radius 3 is 2.79 bits per heavy atom. The van der Waals surface area contributed by atoms with Gasteiger partial charge in [-0.1, -0.05) is 30.3 Å². The lowest BCUT2D eigenvalue weighted by Gasteiger charge is -2.24. The molecule has 3 nitrogen and oxygen atoms in total. The third kappa shape index (κ3) is 4.51. The van der Waals surface area contributed by atoms with Crippen molar-refractivity contribution in [2.24, 2.45) is 0 Å². The highest BCUT2D eigenvalue weighted by Gasteiger charge is 2.23. The van der Waals surface area contributed by atoms with Crippen LogP contribution in [0.3, 0.4) is 0 Å². The number of halogens is 1. The molecule has 1 aliphatic rings. The van der Waals surface area contributed by atoms with E-state index in [1.807, 2.05) is 30.3 Å². The second kappa shape index (κ2) is 7.51. The van der Waals surface area contributed by atoms with Crippen LogP contribution in [0.1, 0.15) is 24.8 Å². The SMILES string of the molecule is O=C(NC(CCl)Cc1ccccc1)C1CCCCO1. The normalized spacial score (nSPS) is 20.8. The lowest BCUT2D eigenvalue weighted by atomic mass is 10.1. The summed E-state index contributed by atoms with van der Waals surface area (Å²) in [4.78, 5) is 12.1. The molecule has 0 saturated carbocycles. The Hall–Kier alpha value is -1.06. The summed E-state index contributed by atoms with van der Waals surface area (Å²) in [6.45, 7) is 0.683. The number of alkyl halides is 1. The molecule has 4 heteroatoms. The van der Waals surface area contributed by atoms with Crippen molar-refractivity contribution >= 4 is 17.5 Å². The third-order valence-electron chi connectivity index (χ3n) is 3.33. The van der Waals surface area contributed by atoms with Crippen LogP contribution >= 0.6 is 11.6 Å². The average molecular weight is 282 g/mol. The molecular weight excluding hydrogens is 262 g/mol. The molecule has 0 radical (unpaired) electrons. The van der Waals surface area contributed by atoms with Crippen LogP contribution in [0.5, 0.6) is 0 Å². The Bertz CT molecular complexity index is 390. The van der Waals surface area contributed by atoms with Crippen molar-refractivity contribution in [3.8, 4) is 0 Å². The number of amides is 1. The Morgan fingerprint density at radius 1 is 1.37 bits per heavy atom. The molecule has 0 bridgehead atoms. The van der Waals surface area contributed by atoms with E-state index in [1.54, 1.807) is 0 Å². The number of carbonyl (C=O) groups excluding carboxylic acids is 1. The summed E-state index contributed by atoms with van der Waals surface area (Å²) in [5.74, 6) is 0.383. The molecule has 0 spiro atoms. The zero-order chi connectivity index (χ0) is 13.5. The van der Waals surface area contributed by atoms with Gasteiger partial charge >= 0.3 is 0 Å². The molecule has 1 amide bonds. The summed E-state index contributed by atoms with van der Waals surface area (Å²) >= 11 is 5.94. The predicted molar refractivity (Wildman–Crippen MR) is 76.4 cm³/mol. The summed E-state index contributed by atoms with van der Waals surface area (Å²) in [6, 6.07) is 10.0. The second-order valence-electron chi connectivity index (χ2n) is 4.90. The topological polar surface area (TPSA) is 38.3 Å². The highest BCUT2D eigenvalue weighted by Crippen LogP contribution is 2.13. The molecule has 1 saturated heterocycles. The molecule has 2 rings (SSSR count). The molecule has 1 heterocycles. The summed E-state index contributed by atoms with van der Waals surface area (Å²) in [5.41, 5.74) is 1.18. The van der Waals surface area contributed by atoms with Crippen LogP contribution in [0.25, 0.3) is 0 Å². The van der Waals surface area contributed by atoms with E-state index in [1.165, 1.54) is 5.56 Å². The standard InChI is InChI=1S/C15H20ClNO2/c16-11-13(10-12-6-2-1-3-7-12)17-15(18)14-8-4-5-9-19-14/h1-3,6-7,13-14H,4-5,8-11H2,(H,17,18). The highest BCUT2D eigenvalue weighted by molar-refractivity contribution is 6.18. The molecule has 104 valence electrons. The van der Waals surface area contributed by atoms with E-state index in [2.05, 4.69) is 5.32 Å². The molecule has 2 atom stereocenters. The number of rotatable bonds is 5. The van der Waals surface area contributed by atoms with E-state index in [4.69, 9.17) is 16.3 Å². The number of ether oxygens (including phenoxy) is 1. The van der Waals surface area contributed by atoms with Crippen LogP contribution in [-0.2, 0) is 16.0 Å². The van der Waals surface area contributed by atoms with E-state index in [9.17, 15) is 4.79 Å². The molecule has 1 N–H and O–H groups in total. The predicted octanol–water partition coefficient (Wildman–Crippen LogP) is 2.52. The van der Waals surface area contributed by atoms with E-state index in [0.29, 0.717) is 12.5 Å². The van der Waals surface area contributed by atoms with Crippen LogP contribution in [0, 0.1) is 0 Å². The van der Waals surface area contributed by atoms with Gasteiger partial charge in [-0.15, -0.1) is 11.6 Å². The van der Waals surface area contributed by atoms with E-state index < -0.39 is 0 Å². The average Bonchev–Trinajstić information content (AvgIpc) is 2.48. The van der Waals surface area contributed by atoms with Crippen LogP contribution in [-0.4, -0.2) is 30.5 Å². The van der Waals surface area contributed by atoms with Gasteiger partial charge in [0.15, 0.2) is 0 Å². The largest absolute Gasteiger partial charge is 0.368 e. The van der Waals surface area contributed by atoms with Gasteiger partial charge in [0.25, 0.3) is 0 Å². The number of hydrogen-bond acceptors (Lipinski definition) is 2. The highest BCUT2D eigenvalue weighted by atomic mass is 35.5. The minimum absolute atomic E-state index is 0.0266. The Kier molecular flexibility index (Phi) is 5.67. The summed E-state index contributed by atoms with van der Waals surface area (Å²) in [6.07, 6.45) is 3.37. The van der Waals surface area contributed by atoms with Crippen molar-refractivity contribution in [1.82, 2.24) is 5.32 Å². The van der Waals surface area contributed by atoms with Crippen molar-refractivity contribution in [2.75, 3.05) is 12.5 Å². The van der Waals surface area contributed by atoms with Crippen molar-refractivity contribution in [3.05, 3.63) is 35.9 Å². The van der Waals surface area contributed by atoms with Gasteiger partial charge < -0.3 is 10.1 Å². The fourth-order valence-electron chi connectivity index (χ4n) is 2.28.